The fourth-order valence-corrected chi connectivity index (χ4v) is 2.11. The molecule has 0 heterocycles. The Morgan fingerprint density at radius 3 is 2.08 bits per heavy atom. The quantitative estimate of drug-likeness (QED) is 0.677. The highest BCUT2D eigenvalue weighted by Crippen LogP contribution is 2.49. The lowest BCUT2D eigenvalue weighted by atomic mass is 9.96. The maximum atomic E-state index is 5.79. The summed E-state index contributed by atoms with van der Waals surface area (Å²) in [5.74, 6) is 0. The van der Waals surface area contributed by atoms with Gasteiger partial charge in [0.25, 0.3) is 0 Å². The van der Waals surface area contributed by atoms with Gasteiger partial charge in [0.2, 0.25) is 0 Å². The lowest BCUT2D eigenvalue weighted by molar-refractivity contribution is 0.159. The molecule has 1 aliphatic rings. The highest BCUT2D eigenvalue weighted by Gasteiger charge is 2.47. The first-order valence-electron chi connectivity index (χ1n) is 5.14. The topological polar surface area (TPSA) is 29.3 Å². The molecule has 0 amide bonds. The van der Waals surface area contributed by atoms with Crippen molar-refractivity contribution in [3.63, 3.8) is 0 Å². The third-order valence-electron chi connectivity index (χ3n) is 3.55. The minimum atomic E-state index is 0.478. The van der Waals surface area contributed by atoms with E-state index in [1.54, 1.807) is 0 Å². The van der Waals surface area contributed by atoms with E-state index >= 15 is 0 Å². The van der Waals surface area contributed by atoms with Crippen LogP contribution in [0.4, 0.5) is 0 Å². The van der Waals surface area contributed by atoms with Gasteiger partial charge < -0.3 is 10.6 Å². The van der Waals surface area contributed by atoms with Crippen LogP contribution in [0.25, 0.3) is 0 Å². The monoisotopic (exact) mass is 170 g/mol. The van der Waals surface area contributed by atoms with Crippen LogP contribution in [0, 0.1) is 5.41 Å². The first-order valence-corrected chi connectivity index (χ1v) is 5.14. The average molecular weight is 170 g/mol. The Balaban J connectivity index is 2.50. The predicted octanol–water partition coefficient (Wildman–Crippen LogP) is 1.46. The normalized spacial score (nSPS) is 22.8. The highest BCUT2D eigenvalue weighted by molar-refractivity contribution is 5.01. The van der Waals surface area contributed by atoms with Gasteiger partial charge in [0.05, 0.1) is 0 Å². The smallest absolute Gasteiger partial charge is 0.0135 e. The molecule has 1 aliphatic carbocycles. The van der Waals surface area contributed by atoms with Crippen molar-refractivity contribution in [2.75, 3.05) is 19.6 Å². The molecule has 0 bridgehead atoms. The van der Waals surface area contributed by atoms with Gasteiger partial charge in [-0.05, 0) is 44.8 Å². The Morgan fingerprint density at radius 2 is 1.83 bits per heavy atom. The van der Waals surface area contributed by atoms with Gasteiger partial charge in [0, 0.05) is 6.04 Å². The molecule has 1 unspecified atom stereocenters. The molecule has 2 heteroatoms. The second-order valence-corrected chi connectivity index (χ2v) is 3.96. The zero-order valence-electron chi connectivity index (χ0n) is 8.64. The largest absolute Gasteiger partial charge is 0.330 e. The minimum Gasteiger partial charge on any atom is -0.330 e. The maximum absolute atomic E-state index is 5.79. The number of hydrogen-bond acceptors (Lipinski definition) is 2. The van der Waals surface area contributed by atoms with Crippen molar-refractivity contribution >= 4 is 0 Å². The van der Waals surface area contributed by atoms with E-state index < -0.39 is 0 Å². The molecule has 1 atom stereocenters. The molecule has 2 nitrogen and oxygen atoms in total. The van der Waals surface area contributed by atoms with Crippen molar-refractivity contribution in [3.8, 4) is 0 Å². The molecule has 0 aliphatic heterocycles. The second kappa shape index (κ2) is 3.75. The van der Waals surface area contributed by atoms with Crippen LogP contribution in [-0.4, -0.2) is 30.6 Å². The van der Waals surface area contributed by atoms with Crippen molar-refractivity contribution in [3.05, 3.63) is 0 Å². The lowest BCUT2D eigenvalue weighted by Gasteiger charge is -2.32. The molecule has 12 heavy (non-hydrogen) atoms. The van der Waals surface area contributed by atoms with Crippen molar-refractivity contribution in [1.29, 1.82) is 0 Å². The van der Waals surface area contributed by atoms with Gasteiger partial charge in [-0.2, -0.15) is 0 Å². The van der Waals surface area contributed by atoms with Crippen LogP contribution in [0.5, 0.6) is 0 Å². The van der Waals surface area contributed by atoms with Crippen LogP contribution in [0.1, 0.15) is 33.6 Å². The maximum Gasteiger partial charge on any atom is 0.0135 e. The summed E-state index contributed by atoms with van der Waals surface area (Å²) in [7, 11) is 0. The SMILES string of the molecule is CCN(CC)C(C)C1(CN)CC1. The van der Waals surface area contributed by atoms with Crippen LogP contribution in [0.3, 0.4) is 0 Å². The average Bonchev–Trinajstić information content (AvgIpc) is 2.86. The molecular weight excluding hydrogens is 148 g/mol. The molecular formula is C10H22N2. The van der Waals surface area contributed by atoms with Crippen LogP contribution in [0.2, 0.25) is 0 Å². The molecule has 0 radical (unpaired) electrons. The van der Waals surface area contributed by atoms with Crippen LogP contribution in [-0.2, 0) is 0 Å². The van der Waals surface area contributed by atoms with E-state index in [4.69, 9.17) is 5.73 Å². The molecule has 0 aromatic heterocycles. The predicted molar refractivity (Wildman–Crippen MR) is 53.1 cm³/mol. The van der Waals surface area contributed by atoms with Gasteiger partial charge in [-0.3, -0.25) is 0 Å². The Kier molecular flexibility index (Phi) is 3.13. The first-order chi connectivity index (χ1) is 5.70. The summed E-state index contributed by atoms with van der Waals surface area (Å²) < 4.78 is 0. The molecule has 0 saturated heterocycles. The van der Waals surface area contributed by atoms with Crippen molar-refractivity contribution in [2.24, 2.45) is 11.1 Å². The molecule has 1 rings (SSSR count). The second-order valence-electron chi connectivity index (χ2n) is 3.96. The highest BCUT2D eigenvalue weighted by atomic mass is 15.2. The number of nitrogens with zero attached hydrogens (tertiary/aromatic N) is 1. The van der Waals surface area contributed by atoms with E-state index in [9.17, 15) is 0 Å². The zero-order valence-corrected chi connectivity index (χ0v) is 8.64. The minimum absolute atomic E-state index is 0.478. The Morgan fingerprint density at radius 1 is 1.33 bits per heavy atom. The van der Waals surface area contributed by atoms with Crippen LogP contribution >= 0.6 is 0 Å². The fourth-order valence-electron chi connectivity index (χ4n) is 2.11. The molecule has 0 aromatic carbocycles. The summed E-state index contributed by atoms with van der Waals surface area (Å²) in [4.78, 5) is 2.51. The molecule has 2 N–H and O–H groups in total. The molecule has 1 fully saturated rings. The summed E-state index contributed by atoms with van der Waals surface area (Å²) in [6, 6.07) is 0.678. The Labute approximate surface area is 76.1 Å². The van der Waals surface area contributed by atoms with Crippen LogP contribution in [0.15, 0.2) is 0 Å². The van der Waals surface area contributed by atoms with Crippen LogP contribution < -0.4 is 5.73 Å². The third kappa shape index (κ3) is 1.64. The zero-order chi connectivity index (χ0) is 9.19. The Hall–Kier alpha value is -0.0800. The van der Waals surface area contributed by atoms with E-state index in [0.717, 1.165) is 19.6 Å². The van der Waals surface area contributed by atoms with Gasteiger partial charge in [-0.25, -0.2) is 0 Å². The third-order valence-corrected chi connectivity index (χ3v) is 3.55. The van der Waals surface area contributed by atoms with E-state index in [-0.39, 0.29) is 0 Å². The van der Waals surface area contributed by atoms with Crippen molar-refractivity contribution < 1.29 is 0 Å². The Bertz CT molecular complexity index is 137. The van der Waals surface area contributed by atoms with Crippen molar-refractivity contribution in [1.82, 2.24) is 4.90 Å². The van der Waals surface area contributed by atoms with E-state index in [0.29, 0.717) is 11.5 Å². The van der Waals surface area contributed by atoms with Gasteiger partial charge in [0.15, 0.2) is 0 Å². The number of nitrogens with two attached hydrogens (primary N) is 1. The number of hydrogen-bond donors (Lipinski definition) is 1. The van der Waals surface area contributed by atoms with Crippen molar-refractivity contribution in [2.45, 2.75) is 39.7 Å². The number of rotatable bonds is 5. The van der Waals surface area contributed by atoms with E-state index in [2.05, 4.69) is 25.7 Å². The van der Waals surface area contributed by atoms with E-state index in [1.165, 1.54) is 12.8 Å². The molecule has 0 aromatic rings. The summed E-state index contributed by atoms with van der Waals surface area (Å²) >= 11 is 0. The summed E-state index contributed by atoms with van der Waals surface area (Å²) in [5, 5.41) is 0. The van der Waals surface area contributed by atoms with Gasteiger partial charge in [-0.15, -0.1) is 0 Å². The molecule has 0 spiro atoms. The first kappa shape index (κ1) is 10.0. The fraction of sp³-hybridized carbons (Fsp3) is 1.00. The van der Waals surface area contributed by atoms with Gasteiger partial charge >= 0.3 is 0 Å². The standard InChI is InChI=1S/C10H22N2/c1-4-12(5-2)9(3)10(8-11)6-7-10/h9H,4-8,11H2,1-3H3. The van der Waals surface area contributed by atoms with Gasteiger partial charge in [0.1, 0.15) is 0 Å². The summed E-state index contributed by atoms with van der Waals surface area (Å²) in [6.07, 6.45) is 2.67. The summed E-state index contributed by atoms with van der Waals surface area (Å²) in [5.41, 5.74) is 6.27. The van der Waals surface area contributed by atoms with Gasteiger partial charge in [-0.1, -0.05) is 13.8 Å². The summed E-state index contributed by atoms with van der Waals surface area (Å²) in [6.45, 7) is 9.95. The molecule has 1 saturated carbocycles. The molecule has 72 valence electrons. The lowest BCUT2D eigenvalue weighted by Crippen LogP contribution is -2.42. The van der Waals surface area contributed by atoms with E-state index in [1.807, 2.05) is 0 Å².